The van der Waals surface area contributed by atoms with Crippen molar-refractivity contribution in [3.8, 4) is 0 Å². The van der Waals surface area contributed by atoms with E-state index in [2.05, 4.69) is 0 Å². The van der Waals surface area contributed by atoms with Crippen LogP contribution in [0.25, 0.3) is 0 Å². The minimum Gasteiger partial charge on any atom is -0.450 e. The number of rotatable bonds is 0. The lowest BCUT2D eigenvalue weighted by atomic mass is 10.6. The predicted octanol–water partition coefficient (Wildman–Crippen LogP) is 0.768. The summed E-state index contributed by atoms with van der Waals surface area (Å²) in [6.07, 6.45) is -1.83. The van der Waals surface area contributed by atoms with Gasteiger partial charge in [0.15, 0.2) is 0 Å². The lowest BCUT2D eigenvalue weighted by Gasteiger charge is -2.06. The summed E-state index contributed by atoms with van der Waals surface area (Å²) in [7, 11) is 3.70. The molecule has 0 heterocycles. The molecule has 0 rings (SSSR count). The Hall–Kier alpha value is -1.26. The lowest BCUT2D eigenvalue weighted by Crippen LogP contribution is -2.16. The van der Waals surface area contributed by atoms with Crippen LogP contribution in [-0.4, -0.2) is 41.2 Å². The van der Waals surface area contributed by atoms with Crippen molar-refractivity contribution in [2.45, 2.75) is 6.92 Å². The highest BCUT2D eigenvalue weighted by Gasteiger charge is 1.82. The summed E-state index contributed by atoms with van der Waals surface area (Å²) in [4.78, 5) is 10.3. The van der Waals surface area contributed by atoms with Crippen LogP contribution in [0.15, 0.2) is 0 Å². The largest absolute Gasteiger partial charge is 0.503 e. The van der Waals surface area contributed by atoms with Crippen molar-refractivity contribution in [1.29, 1.82) is 5.41 Å². The van der Waals surface area contributed by atoms with Crippen molar-refractivity contribution in [1.82, 2.24) is 4.90 Å². The first kappa shape index (κ1) is 11.5. The van der Waals surface area contributed by atoms with Crippen molar-refractivity contribution in [2.75, 3.05) is 14.1 Å². The van der Waals surface area contributed by atoms with Gasteiger partial charge in [0.25, 0.3) is 0 Å². The van der Waals surface area contributed by atoms with E-state index >= 15 is 0 Å². The predicted molar refractivity (Wildman–Crippen MR) is 37.7 cm³/mol. The maximum Gasteiger partial charge on any atom is 0.503 e. The van der Waals surface area contributed by atoms with Crippen LogP contribution >= 0.6 is 0 Å². The molecule has 0 aliphatic heterocycles. The van der Waals surface area contributed by atoms with Crippen LogP contribution in [0.2, 0.25) is 0 Å². The zero-order valence-electron chi connectivity index (χ0n) is 6.25. The quantitative estimate of drug-likeness (QED) is 0.350. The topological polar surface area (TPSA) is 84.6 Å². The molecule has 0 aliphatic carbocycles. The van der Waals surface area contributed by atoms with Gasteiger partial charge in [0.1, 0.15) is 0 Å². The maximum absolute atomic E-state index is 8.56. The first-order chi connectivity index (χ1) is 4.37. The molecular weight excluding hydrogens is 136 g/mol. The fraction of sp³-hybridized carbons (Fsp3) is 0.600. The van der Waals surface area contributed by atoms with Gasteiger partial charge in [0.05, 0.1) is 5.84 Å². The number of amidine groups is 1. The molecule has 5 heteroatoms. The Bertz CT molecular complexity index is 118. The van der Waals surface area contributed by atoms with Crippen LogP contribution in [0.4, 0.5) is 4.79 Å². The first-order valence-corrected chi connectivity index (χ1v) is 2.52. The second kappa shape index (κ2) is 5.87. The average Bonchev–Trinajstić information content (AvgIpc) is 1.63. The molecule has 0 spiro atoms. The van der Waals surface area contributed by atoms with E-state index < -0.39 is 6.16 Å². The Morgan fingerprint density at radius 2 is 1.50 bits per heavy atom. The summed E-state index contributed by atoms with van der Waals surface area (Å²) in [5.41, 5.74) is 0. The Morgan fingerprint density at radius 3 is 1.50 bits per heavy atom. The van der Waals surface area contributed by atoms with Gasteiger partial charge >= 0.3 is 6.16 Å². The first-order valence-electron chi connectivity index (χ1n) is 2.52. The van der Waals surface area contributed by atoms with E-state index in [1.165, 1.54) is 0 Å². The van der Waals surface area contributed by atoms with Gasteiger partial charge in [-0.1, -0.05) is 0 Å². The zero-order valence-corrected chi connectivity index (χ0v) is 6.25. The van der Waals surface area contributed by atoms with E-state index in [-0.39, 0.29) is 0 Å². The van der Waals surface area contributed by atoms with Gasteiger partial charge in [0.2, 0.25) is 0 Å². The van der Waals surface area contributed by atoms with E-state index in [4.69, 9.17) is 20.4 Å². The summed E-state index contributed by atoms with van der Waals surface area (Å²) >= 11 is 0. The third-order valence-corrected chi connectivity index (χ3v) is 0.671. The van der Waals surface area contributed by atoms with Crippen molar-refractivity contribution in [2.24, 2.45) is 0 Å². The molecule has 0 saturated carbocycles. The molecule has 0 radical (unpaired) electrons. The number of carboxylic acid groups (broad SMARTS) is 2. The number of hydrogen-bond acceptors (Lipinski definition) is 2. The average molecular weight is 148 g/mol. The molecule has 0 aromatic rings. The molecule has 0 aromatic heterocycles. The van der Waals surface area contributed by atoms with E-state index in [1.54, 1.807) is 11.8 Å². The SMILES string of the molecule is CC(=N)N(C)C.O=C(O)O. The fourth-order valence-corrected chi connectivity index (χ4v) is 0. The highest BCUT2D eigenvalue weighted by molar-refractivity contribution is 5.75. The van der Waals surface area contributed by atoms with Gasteiger partial charge in [-0.3, -0.25) is 5.41 Å². The highest BCUT2D eigenvalue weighted by atomic mass is 16.6. The number of hydrogen-bond donors (Lipinski definition) is 3. The highest BCUT2D eigenvalue weighted by Crippen LogP contribution is 1.70. The molecule has 0 bridgehead atoms. The van der Waals surface area contributed by atoms with Gasteiger partial charge in [-0.25, -0.2) is 4.79 Å². The summed E-state index contributed by atoms with van der Waals surface area (Å²) in [5, 5.41) is 20.8. The van der Waals surface area contributed by atoms with Crippen LogP contribution in [-0.2, 0) is 0 Å². The molecule has 3 N–H and O–H groups in total. The van der Waals surface area contributed by atoms with Crippen molar-refractivity contribution in [3.63, 3.8) is 0 Å². The third kappa shape index (κ3) is 29.6. The van der Waals surface area contributed by atoms with Crippen LogP contribution in [0.5, 0.6) is 0 Å². The Morgan fingerprint density at radius 1 is 1.40 bits per heavy atom. The Balaban J connectivity index is 0. The molecule has 5 nitrogen and oxygen atoms in total. The summed E-state index contributed by atoms with van der Waals surface area (Å²) in [6, 6.07) is 0. The number of nitrogens with zero attached hydrogens (tertiary/aromatic N) is 1. The molecule has 0 fully saturated rings. The Kier molecular flexibility index (Phi) is 6.76. The fourth-order valence-electron chi connectivity index (χ4n) is 0. The van der Waals surface area contributed by atoms with E-state index in [0.29, 0.717) is 5.84 Å². The van der Waals surface area contributed by atoms with Crippen LogP contribution < -0.4 is 0 Å². The van der Waals surface area contributed by atoms with Crippen molar-refractivity contribution < 1.29 is 15.0 Å². The van der Waals surface area contributed by atoms with Crippen molar-refractivity contribution in [3.05, 3.63) is 0 Å². The second-order valence-corrected chi connectivity index (χ2v) is 1.76. The van der Waals surface area contributed by atoms with Crippen LogP contribution in [0.3, 0.4) is 0 Å². The van der Waals surface area contributed by atoms with Gasteiger partial charge in [-0.05, 0) is 6.92 Å². The second-order valence-electron chi connectivity index (χ2n) is 1.76. The normalized spacial score (nSPS) is 7.10. The molecule has 0 amide bonds. The molecule has 0 atom stereocenters. The number of nitrogens with one attached hydrogen (secondary N) is 1. The molecule has 60 valence electrons. The number of carbonyl (C=O) groups is 1. The molecule has 0 unspecified atom stereocenters. The minimum atomic E-state index is -1.83. The molecule has 0 saturated heterocycles. The molecule has 0 aromatic carbocycles. The third-order valence-electron chi connectivity index (χ3n) is 0.671. The van der Waals surface area contributed by atoms with Crippen molar-refractivity contribution >= 4 is 12.0 Å². The van der Waals surface area contributed by atoms with Gasteiger partial charge in [-0.2, -0.15) is 0 Å². The van der Waals surface area contributed by atoms with E-state index in [9.17, 15) is 0 Å². The molecular formula is C5H12N2O3. The Labute approximate surface area is 59.4 Å². The smallest absolute Gasteiger partial charge is 0.450 e. The van der Waals surface area contributed by atoms with E-state index in [0.717, 1.165) is 0 Å². The summed E-state index contributed by atoms with van der Waals surface area (Å²) in [5.74, 6) is 0.593. The minimum absolute atomic E-state index is 0.593. The van der Waals surface area contributed by atoms with Crippen LogP contribution in [0.1, 0.15) is 6.92 Å². The maximum atomic E-state index is 8.56. The van der Waals surface area contributed by atoms with Gasteiger partial charge in [-0.15, -0.1) is 0 Å². The summed E-state index contributed by atoms with van der Waals surface area (Å²) in [6.45, 7) is 1.75. The molecule has 0 aliphatic rings. The lowest BCUT2D eigenvalue weighted by molar-refractivity contribution is 0.137. The van der Waals surface area contributed by atoms with Gasteiger partial charge < -0.3 is 15.1 Å². The van der Waals surface area contributed by atoms with Crippen LogP contribution in [0, 0.1) is 5.41 Å². The van der Waals surface area contributed by atoms with E-state index in [1.807, 2.05) is 14.1 Å². The standard InChI is InChI=1S/C4H10N2.CH2O3/c1-4(5)6(2)3;2-1(3)4/h5H,1-3H3;(H2,2,3,4). The monoisotopic (exact) mass is 148 g/mol. The zero-order chi connectivity index (χ0) is 8.73. The molecule has 10 heavy (non-hydrogen) atoms. The summed E-state index contributed by atoms with van der Waals surface area (Å²) < 4.78 is 0. The van der Waals surface area contributed by atoms with Gasteiger partial charge in [0, 0.05) is 14.1 Å².